The maximum atomic E-state index is 13.8. The third kappa shape index (κ3) is 3.11. The van der Waals surface area contributed by atoms with Gasteiger partial charge in [0, 0.05) is 12.2 Å². The summed E-state index contributed by atoms with van der Waals surface area (Å²) >= 11 is 0. The Bertz CT molecular complexity index is 1240. The molecule has 29 heavy (non-hydrogen) atoms. The number of hydrogen-bond donors (Lipinski definition) is 0. The quantitative estimate of drug-likeness (QED) is 0.511. The second kappa shape index (κ2) is 7.02. The average Bonchev–Trinajstić information content (AvgIpc) is 3.40. The lowest BCUT2D eigenvalue weighted by Crippen LogP contribution is -2.23. The van der Waals surface area contributed by atoms with Crippen LogP contribution in [0.15, 0.2) is 67.0 Å². The van der Waals surface area contributed by atoms with Crippen LogP contribution < -0.4 is 4.90 Å². The van der Waals surface area contributed by atoms with E-state index < -0.39 is 0 Å². The van der Waals surface area contributed by atoms with E-state index in [1.54, 1.807) is 24.5 Å². The number of fused-ring (bicyclic) bond motifs is 1. The predicted molar refractivity (Wildman–Crippen MR) is 109 cm³/mol. The van der Waals surface area contributed by atoms with Crippen LogP contribution in [0, 0.1) is 17.1 Å². The van der Waals surface area contributed by atoms with Crippen molar-refractivity contribution in [2.45, 2.75) is 18.9 Å². The van der Waals surface area contributed by atoms with Gasteiger partial charge in [-0.15, -0.1) is 0 Å². The second-order valence-corrected chi connectivity index (χ2v) is 7.20. The topological polar surface area (TPSA) is 57.7 Å². The number of anilines is 1. The molecule has 1 unspecified atom stereocenters. The number of pyridine rings is 1. The number of rotatable bonds is 3. The summed E-state index contributed by atoms with van der Waals surface area (Å²) in [4.78, 5) is 11.6. The van der Waals surface area contributed by atoms with Crippen molar-refractivity contribution >= 4 is 17.0 Å². The molecule has 1 atom stereocenters. The molecule has 0 amide bonds. The zero-order chi connectivity index (χ0) is 19.8. The number of halogens is 1. The molecule has 0 saturated carbocycles. The van der Waals surface area contributed by atoms with Gasteiger partial charge in [-0.05, 0) is 60.9 Å². The molecule has 1 saturated heterocycles. The van der Waals surface area contributed by atoms with Crippen molar-refractivity contribution in [1.82, 2.24) is 14.5 Å². The second-order valence-electron chi connectivity index (χ2n) is 7.20. The molecular weight excluding hydrogens is 365 g/mol. The van der Waals surface area contributed by atoms with E-state index in [9.17, 15) is 9.65 Å². The van der Waals surface area contributed by atoms with Gasteiger partial charge in [-0.2, -0.15) is 5.26 Å². The van der Waals surface area contributed by atoms with Crippen LogP contribution in [-0.4, -0.2) is 21.1 Å². The fraction of sp³-hybridized carbons (Fsp3) is 0.174. The Hall–Kier alpha value is -3.72. The Labute approximate surface area is 167 Å². The normalized spacial score (nSPS) is 16.3. The van der Waals surface area contributed by atoms with Gasteiger partial charge in [0.1, 0.15) is 23.5 Å². The Morgan fingerprint density at radius 1 is 1.07 bits per heavy atom. The molecule has 0 bridgehead atoms. The van der Waals surface area contributed by atoms with E-state index in [0.29, 0.717) is 5.56 Å². The maximum Gasteiger partial charge on any atom is 0.166 e. The lowest BCUT2D eigenvalue weighted by molar-refractivity contribution is 0.618. The molecule has 5 nitrogen and oxygen atoms in total. The van der Waals surface area contributed by atoms with Crippen molar-refractivity contribution < 1.29 is 4.39 Å². The molecular formula is C23H18FN5. The molecule has 2 aromatic heterocycles. The number of hydrogen-bond acceptors (Lipinski definition) is 4. The van der Waals surface area contributed by atoms with Gasteiger partial charge in [0.2, 0.25) is 0 Å². The maximum absolute atomic E-state index is 13.8. The number of aromatic nitrogens is 3. The van der Waals surface area contributed by atoms with E-state index in [-0.39, 0.29) is 11.9 Å². The van der Waals surface area contributed by atoms with E-state index in [0.717, 1.165) is 47.6 Å². The van der Waals surface area contributed by atoms with Gasteiger partial charge in [0.25, 0.3) is 0 Å². The molecule has 1 aliphatic rings. The molecule has 2 aromatic carbocycles. The van der Waals surface area contributed by atoms with E-state index in [1.165, 1.54) is 6.07 Å². The van der Waals surface area contributed by atoms with Crippen LogP contribution in [0.25, 0.3) is 16.9 Å². The number of nitrogens with zero attached hydrogens (tertiary/aromatic N) is 5. The van der Waals surface area contributed by atoms with Crippen LogP contribution in [0.3, 0.4) is 0 Å². The van der Waals surface area contributed by atoms with E-state index in [1.807, 2.05) is 41.0 Å². The Kier molecular flexibility index (Phi) is 4.21. The number of imidazole rings is 1. The minimum absolute atomic E-state index is 0.105. The van der Waals surface area contributed by atoms with Crippen molar-refractivity contribution in [3.63, 3.8) is 0 Å². The van der Waals surface area contributed by atoms with Crippen molar-refractivity contribution in [2.75, 3.05) is 11.4 Å². The highest BCUT2D eigenvalue weighted by atomic mass is 19.1. The summed E-state index contributed by atoms with van der Waals surface area (Å²) in [5.74, 6) is 0.635. The lowest BCUT2D eigenvalue weighted by Gasteiger charge is -2.26. The fourth-order valence-corrected chi connectivity index (χ4v) is 4.06. The number of benzene rings is 2. The first-order valence-electron chi connectivity index (χ1n) is 9.60. The molecule has 0 spiro atoms. The first-order chi connectivity index (χ1) is 14.2. The molecule has 6 heteroatoms. The van der Waals surface area contributed by atoms with E-state index in [2.05, 4.69) is 16.0 Å². The predicted octanol–water partition coefficient (Wildman–Crippen LogP) is 4.77. The third-order valence-electron chi connectivity index (χ3n) is 5.41. The van der Waals surface area contributed by atoms with E-state index in [4.69, 9.17) is 4.98 Å². The fourth-order valence-electron chi connectivity index (χ4n) is 4.06. The Morgan fingerprint density at radius 2 is 1.97 bits per heavy atom. The van der Waals surface area contributed by atoms with Crippen LogP contribution in [-0.2, 0) is 0 Å². The summed E-state index contributed by atoms with van der Waals surface area (Å²) in [5, 5.41) is 9.19. The minimum Gasteiger partial charge on any atom is -0.349 e. The molecule has 1 fully saturated rings. The SMILES string of the molecule is N#Cc1cccc(-n2cnc3ccc(N4CCCC4c4cccc(F)c4)nc32)c1. The van der Waals surface area contributed by atoms with Gasteiger partial charge in [0.15, 0.2) is 5.65 Å². The summed E-state index contributed by atoms with van der Waals surface area (Å²) in [7, 11) is 0. The molecule has 3 heterocycles. The van der Waals surface area contributed by atoms with Crippen molar-refractivity contribution in [3.05, 3.63) is 83.9 Å². The summed E-state index contributed by atoms with van der Waals surface area (Å²) in [6.45, 7) is 0.873. The summed E-state index contributed by atoms with van der Waals surface area (Å²) < 4.78 is 15.6. The third-order valence-corrected chi connectivity index (χ3v) is 5.41. The highest BCUT2D eigenvalue weighted by Crippen LogP contribution is 2.36. The molecule has 0 aliphatic carbocycles. The van der Waals surface area contributed by atoms with Gasteiger partial charge in [-0.3, -0.25) is 4.57 Å². The highest BCUT2D eigenvalue weighted by molar-refractivity contribution is 5.75. The van der Waals surface area contributed by atoms with E-state index >= 15 is 0 Å². The first-order valence-corrected chi connectivity index (χ1v) is 9.60. The van der Waals surface area contributed by atoms with Crippen LogP contribution in [0.1, 0.15) is 30.0 Å². The largest absolute Gasteiger partial charge is 0.349 e. The van der Waals surface area contributed by atoms with Crippen LogP contribution in [0.2, 0.25) is 0 Å². The summed E-state index contributed by atoms with van der Waals surface area (Å²) in [6, 6.07) is 20.4. The van der Waals surface area contributed by atoms with Crippen LogP contribution in [0.4, 0.5) is 10.2 Å². The molecule has 0 N–H and O–H groups in total. The summed E-state index contributed by atoms with van der Waals surface area (Å²) in [5.41, 5.74) is 3.94. The smallest absolute Gasteiger partial charge is 0.166 e. The molecule has 142 valence electrons. The summed E-state index contributed by atoms with van der Waals surface area (Å²) in [6.07, 6.45) is 3.73. The van der Waals surface area contributed by atoms with Crippen LogP contribution >= 0.6 is 0 Å². The lowest BCUT2D eigenvalue weighted by atomic mass is 10.0. The van der Waals surface area contributed by atoms with Gasteiger partial charge in [-0.25, -0.2) is 14.4 Å². The van der Waals surface area contributed by atoms with Crippen molar-refractivity contribution in [2.24, 2.45) is 0 Å². The Morgan fingerprint density at radius 3 is 2.83 bits per heavy atom. The van der Waals surface area contributed by atoms with Gasteiger partial charge in [0.05, 0.1) is 17.7 Å². The van der Waals surface area contributed by atoms with Crippen molar-refractivity contribution in [1.29, 1.82) is 5.26 Å². The highest BCUT2D eigenvalue weighted by Gasteiger charge is 2.27. The van der Waals surface area contributed by atoms with Gasteiger partial charge < -0.3 is 4.90 Å². The molecule has 0 radical (unpaired) electrons. The minimum atomic E-state index is -0.215. The number of nitriles is 1. The molecule has 4 aromatic rings. The van der Waals surface area contributed by atoms with Crippen LogP contribution in [0.5, 0.6) is 0 Å². The average molecular weight is 383 g/mol. The monoisotopic (exact) mass is 383 g/mol. The zero-order valence-corrected chi connectivity index (χ0v) is 15.7. The van der Waals surface area contributed by atoms with Gasteiger partial charge in [-0.1, -0.05) is 18.2 Å². The zero-order valence-electron chi connectivity index (χ0n) is 15.7. The van der Waals surface area contributed by atoms with Gasteiger partial charge >= 0.3 is 0 Å². The molecule has 5 rings (SSSR count). The molecule has 1 aliphatic heterocycles. The van der Waals surface area contributed by atoms with Crippen molar-refractivity contribution in [3.8, 4) is 11.8 Å². The standard InChI is InChI=1S/C23H18FN5/c24-18-6-2-5-17(13-18)21-8-3-11-28(21)22-10-9-20-23(27-22)29(15-26-20)19-7-1-4-16(12-19)14-25/h1-2,4-7,9-10,12-13,15,21H,3,8,11H2. The Balaban J connectivity index is 1.57. The first kappa shape index (κ1) is 17.4.